The molecule has 1 saturated heterocycles. The van der Waals surface area contributed by atoms with E-state index in [2.05, 4.69) is 30.5 Å². The van der Waals surface area contributed by atoms with Gasteiger partial charge in [0.1, 0.15) is 5.52 Å². The number of anilines is 1. The standard InChI is InChI=1S/C15H17N5/c1-2-15(3-1)9-19(10-15)11-6-12-14(17-7-11)20-5-4-16-8-13(20)18-12/h6-8H,1-5,9-10H2. The molecule has 2 fully saturated rings. The lowest BCUT2D eigenvalue weighted by Gasteiger charge is -2.56. The van der Waals surface area contributed by atoms with E-state index in [0.717, 1.165) is 30.1 Å². The maximum atomic E-state index is 4.65. The number of pyridine rings is 1. The fourth-order valence-corrected chi connectivity index (χ4v) is 3.75. The van der Waals surface area contributed by atoms with E-state index in [1.165, 1.54) is 38.0 Å². The van der Waals surface area contributed by atoms with Crippen molar-refractivity contribution in [2.75, 3.05) is 24.5 Å². The molecule has 5 heteroatoms. The molecule has 0 amide bonds. The first-order chi connectivity index (χ1) is 9.83. The van der Waals surface area contributed by atoms with Crippen molar-refractivity contribution in [3.63, 3.8) is 0 Å². The molecule has 1 saturated carbocycles. The molecule has 1 aliphatic carbocycles. The summed E-state index contributed by atoms with van der Waals surface area (Å²) in [6.45, 7) is 4.13. The fraction of sp³-hybridized carbons (Fsp3) is 0.533. The van der Waals surface area contributed by atoms with E-state index >= 15 is 0 Å². The highest BCUT2D eigenvalue weighted by atomic mass is 15.2. The third kappa shape index (κ3) is 1.35. The molecule has 0 radical (unpaired) electrons. The topological polar surface area (TPSA) is 46.3 Å². The summed E-state index contributed by atoms with van der Waals surface area (Å²) in [5.41, 5.74) is 3.87. The molecule has 2 aromatic heterocycles. The van der Waals surface area contributed by atoms with Crippen molar-refractivity contribution in [1.82, 2.24) is 14.5 Å². The Labute approximate surface area is 117 Å². The Morgan fingerprint density at radius 3 is 2.90 bits per heavy atom. The SMILES string of the molecule is C1=NCCn2c1nc1cc(N3CC4(CCC4)C3)cnc12. The van der Waals surface area contributed by atoms with Crippen molar-refractivity contribution in [3.05, 3.63) is 18.1 Å². The van der Waals surface area contributed by atoms with E-state index in [9.17, 15) is 0 Å². The highest BCUT2D eigenvalue weighted by Gasteiger charge is 2.47. The average molecular weight is 267 g/mol. The first-order valence-corrected chi connectivity index (χ1v) is 7.44. The summed E-state index contributed by atoms with van der Waals surface area (Å²) in [6, 6.07) is 2.19. The molecule has 102 valence electrons. The Hall–Kier alpha value is -1.91. The molecule has 5 nitrogen and oxygen atoms in total. The maximum absolute atomic E-state index is 4.65. The minimum absolute atomic E-state index is 0.648. The molecule has 0 N–H and O–H groups in total. The minimum Gasteiger partial charge on any atom is -0.369 e. The predicted molar refractivity (Wildman–Crippen MR) is 78.5 cm³/mol. The largest absolute Gasteiger partial charge is 0.369 e. The Morgan fingerprint density at radius 2 is 2.10 bits per heavy atom. The van der Waals surface area contributed by atoms with Crippen LogP contribution in [0.25, 0.3) is 11.2 Å². The molecule has 3 aliphatic rings. The van der Waals surface area contributed by atoms with Crippen LogP contribution in [0.5, 0.6) is 0 Å². The molecule has 1 spiro atoms. The van der Waals surface area contributed by atoms with Crippen LogP contribution in [0, 0.1) is 5.41 Å². The van der Waals surface area contributed by atoms with Crippen molar-refractivity contribution in [1.29, 1.82) is 0 Å². The maximum Gasteiger partial charge on any atom is 0.160 e. The summed E-state index contributed by atoms with van der Waals surface area (Å²) in [5, 5.41) is 0. The van der Waals surface area contributed by atoms with Crippen LogP contribution in [0.1, 0.15) is 25.1 Å². The van der Waals surface area contributed by atoms with Gasteiger partial charge in [-0.25, -0.2) is 9.97 Å². The Bertz CT molecular complexity index is 717. The quantitative estimate of drug-likeness (QED) is 0.792. The van der Waals surface area contributed by atoms with Gasteiger partial charge in [-0.2, -0.15) is 0 Å². The first kappa shape index (κ1) is 10.8. The lowest BCUT2D eigenvalue weighted by Crippen LogP contribution is -2.59. The van der Waals surface area contributed by atoms with Crippen LogP contribution in [0.2, 0.25) is 0 Å². The average Bonchev–Trinajstić information content (AvgIpc) is 2.73. The molecule has 5 rings (SSSR count). The van der Waals surface area contributed by atoms with Crippen LogP contribution >= 0.6 is 0 Å². The monoisotopic (exact) mass is 267 g/mol. The number of hydrogen-bond donors (Lipinski definition) is 0. The number of rotatable bonds is 1. The smallest absolute Gasteiger partial charge is 0.160 e. The van der Waals surface area contributed by atoms with Gasteiger partial charge in [0.05, 0.1) is 24.6 Å². The number of imidazole rings is 1. The summed E-state index contributed by atoms with van der Waals surface area (Å²) >= 11 is 0. The molecule has 20 heavy (non-hydrogen) atoms. The Kier molecular flexibility index (Phi) is 1.95. The molecule has 4 heterocycles. The normalized spacial score (nSPS) is 22.7. The van der Waals surface area contributed by atoms with Gasteiger partial charge < -0.3 is 9.47 Å². The number of nitrogens with zero attached hydrogens (tertiary/aromatic N) is 5. The van der Waals surface area contributed by atoms with E-state index in [1.54, 1.807) is 0 Å². The molecule has 0 atom stereocenters. The van der Waals surface area contributed by atoms with Crippen LogP contribution in [-0.4, -0.2) is 40.4 Å². The van der Waals surface area contributed by atoms with Gasteiger partial charge in [0.25, 0.3) is 0 Å². The second-order valence-electron chi connectivity index (χ2n) is 6.40. The number of fused-ring (bicyclic) bond motifs is 3. The van der Waals surface area contributed by atoms with Gasteiger partial charge >= 0.3 is 0 Å². The molecule has 2 aromatic rings. The van der Waals surface area contributed by atoms with Crippen molar-refractivity contribution < 1.29 is 0 Å². The fourth-order valence-electron chi connectivity index (χ4n) is 3.75. The summed E-state index contributed by atoms with van der Waals surface area (Å²) in [7, 11) is 0. The predicted octanol–water partition coefficient (Wildman–Crippen LogP) is 1.85. The second-order valence-corrected chi connectivity index (χ2v) is 6.40. The van der Waals surface area contributed by atoms with Crippen LogP contribution in [0.4, 0.5) is 5.69 Å². The van der Waals surface area contributed by atoms with Crippen molar-refractivity contribution in [3.8, 4) is 0 Å². The lowest BCUT2D eigenvalue weighted by atomic mass is 9.63. The molecular formula is C15H17N5. The number of hydrogen-bond acceptors (Lipinski definition) is 4. The zero-order valence-electron chi connectivity index (χ0n) is 11.4. The highest BCUT2D eigenvalue weighted by Crippen LogP contribution is 2.49. The zero-order chi connectivity index (χ0) is 13.2. The van der Waals surface area contributed by atoms with Crippen LogP contribution in [0.15, 0.2) is 17.3 Å². The summed E-state index contributed by atoms with van der Waals surface area (Å²) in [4.78, 5) is 16.0. The number of aromatic nitrogens is 3. The van der Waals surface area contributed by atoms with E-state index in [4.69, 9.17) is 0 Å². The van der Waals surface area contributed by atoms with Crippen molar-refractivity contribution in [2.24, 2.45) is 10.4 Å². The van der Waals surface area contributed by atoms with Crippen molar-refractivity contribution in [2.45, 2.75) is 25.8 Å². The minimum atomic E-state index is 0.648. The van der Waals surface area contributed by atoms with E-state index < -0.39 is 0 Å². The van der Waals surface area contributed by atoms with Crippen LogP contribution in [-0.2, 0) is 6.54 Å². The first-order valence-electron chi connectivity index (χ1n) is 7.44. The van der Waals surface area contributed by atoms with Gasteiger partial charge in [0, 0.05) is 25.0 Å². The number of aliphatic imine (C=N–C) groups is 1. The highest BCUT2D eigenvalue weighted by molar-refractivity contribution is 5.85. The van der Waals surface area contributed by atoms with Gasteiger partial charge in [-0.05, 0) is 18.9 Å². The van der Waals surface area contributed by atoms with Gasteiger partial charge in [0.2, 0.25) is 0 Å². The third-order valence-electron chi connectivity index (χ3n) is 5.09. The zero-order valence-corrected chi connectivity index (χ0v) is 11.4. The summed E-state index contributed by atoms with van der Waals surface area (Å²) in [6.07, 6.45) is 8.10. The third-order valence-corrected chi connectivity index (χ3v) is 5.09. The molecular weight excluding hydrogens is 250 g/mol. The van der Waals surface area contributed by atoms with Gasteiger partial charge in [-0.15, -0.1) is 0 Å². The van der Waals surface area contributed by atoms with Gasteiger partial charge in [-0.3, -0.25) is 4.99 Å². The van der Waals surface area contributed by atoms with E-state index in [-0.39, 0.29) is 0 Å². The summed E-state index contributed by atoms with van der Waals surface area (Å²) in [5.74, 6) is 0.940. The summed E-state index contributed by atoms with van der Waals surface area (Å²) < 4.78 is 2.16. The van der Waals surface area contributed by atoms with E-state index in [0.29, 0.717) is 5.41 Å². The van der Waals surface area contributed by atoms with Crippen LogP contribution in [0.3, 0.4) is 0 Å². The molecule has 2 aliphatic heterocycles. The van der Waals surface area contributed by atoms with E-state index in [1.807, 2.05) is 12.4 Å². The molecule has 0 unspecified atom stereocenters. The second kappa shape index (κ2) is 3.59. The van der Waals surface area contributed by atoms with Gasteiger partial charge in [-0.1, -0.05) is 6.42 Å². The van der Waals surface area contributed by atoms with Gasteiger partial charge in [0.15, 0.2) is 11.5 Å². The van der Waals surface area contributed by atoms with Crippen LogP contribution < -0.4 is 4.90 Å². The molecule has 0 aromatic carbocycles. The Balaban J connectivity index is 1.51. The molecule has 0 bridgehead atoms. The van der Waals surface area contributed by atoms with Crippen molar-refractivity contribution >= 4 is 23.1 Å². The Morgan fingerprint density at radius 1 is 1.20 bits per heavy atom. The lowest BCUT2D eigenvalue weighted by molar-refractivity contribution is 0.0904.